The maximum Gasteiger partial charge on any atom is 0.322 e. The number of urea groups is 1. The molecule has 2 heterocycles. The van der Waals surface area contributed by atoms with Crippen LogP contribution in [0.25, 0.3) is 0 Å². The van der Waals surface area contributed by atoms with E-state index in [1.165, 1.54) is 11.3 Å². The van der Waals surface area contributed by atoms with Gasteiger partial charge >= 0.3 is 6.03 Å². The third-order valence-electron chi connectivity index (χ3n) is 2.83. The molecular weight excluding hydrogens is 302 g/mol. The third kappa shape index (κ3) is 3.35. The SMILES string of the molecule is CCc1ccc(S(=O)(=O)NCCC2NC(=O)NC2=O)s1. The van der Waals surface area contributed by atoms with Crippen molar-refractivity contribution in [1.82, 2.24) is 15.4 Å². The van der Waals surface area contributed by atoms with Crippen LogP contribution in [0.1, 0.15) is 18.2 Å². The molecule has 1 aromatic rings. The van der Waals surface area contributed by atoms with Crippen LogP contribution >= 0.6 is 11.3 Å². The average molecular weight is 317 g/mol. The normalized spacial score (nSPS) is 18.9. The van der Waals surface area contributed by atoms with Crippen LogP contribution in [-0.2, 0) is 21.2 Å². The number of imide groups is 1. The largest absolute Gasteiger partial charge is 0.326 e. The predicted molar refractivity (Wildman–Crippen MR) is 74.0 cm³/mol. The van der Waals surface area contributed by atoms with Crippen molar-refractivity contribution in [2.75, 3.05) is 6.54 Å². The number of thiophene rings is 1. The lowest BCUT2D eigenvalue weighted by atomic mass is 10.2. The minimum Gasteiger partial charge on any atom is -0.326 e. The monoisotopic (exact) mass is 317 g/mol. The van der Waals surface area contributed by atoms with Crippen LogP contribution in [0.5, 0.6) is 0 Å². The minimum absolute atomic E-state index is 0.0834. The fraction of sp³-hybridized carbons (Fsp3) is 0.455. The lowest BCUT2D eigenvalue weighted by Gasteiger charge is -2.08. The van der Waals surface area contributed by atoms with Gasteiger partial charge in [0.15, 0.2) is 0 Å². The summed E-state index contributed by atoms with van der Waals surface area (Å²) >= 11 is 1.22. The zero-order chi connectivity index (χ0) is 14.8. The Morgan fingerprint density at radius 3 is 2.65 bits per heavy atom. The number of carbonyl (C=O) groups excluding carboxylic acids is 2. The number of aryl methyl sites for hydroxylation is 1. The molecule has 110 valence electrons. The molecule has 1 fully saturated rings. The Hall–Kier alpha value is -1.45. The lowest BCUT2D eigenvalue weighted by Crippen LogP contribution is -2.34. The maximum atomic E-state index is 12.0. The number of hydrogen-bond donors (Lipinski definition) is 3. The first kappa shape index (κ1) is 14.9. The molecule has 0 aliphatic carbocycles. The highest BCUT2D eigenvalue weighted by molar-refractivity contribution is 7.91. The van der Waals surface area contributed by atoms with Gasteiger partial charge in [0.05, 0.1) is 0 Å². The van der Waals surface area contributed by atoms with Crippen LogP contribution in [0, 0.1) is 0 Å². The molecule has 1 unspecified atom stereocenters. The van der Waals surface area contributed by atoms with E-state index in [0.717, 1.165) is 11.3 Å². The molecule has 1 aromatic heterocycles. The second-order valence-corrected chi connectivity index (χ2v) is 7.44. The van der Waals surface area contributed by atoms with Crippen molar-refractivity contribution < 1.29 is 18.0 Å². The van der Waals surface area contributed by atoms with E-state index in [1.807, 2.05) is 6.92 Å². The first-order valence-corrected chi connectivity index (χ1v) is 8.42. The molecule has 0 bridgehead atoms. The van der Waals surface area contributed by atoms with Crippen LogP contribution in [0.2, 0.25) is 0 Å². The Kier molecular flexibility index (Phi) is 4.41. The van der Waals surface area contributed by atoms with Gasteiger partial charge in [0.2, 0.25) is 10.0 Å². The molecule has 2 rings (SSSR count). The summed E-state index contributed by atoms with van der Waals surface area (Å²) in [4.78, 5) is 23.2. The zero-order valence-electron chi connectivity index (χ0n) is 10.8. The molecule has 3 N–H and O–H groups in total. The van der Waals surface area contributed by atoms with E-state index >= 15 is 0 Å². The van der Waals surface area contributed by atoms with Crippen molar-refractivity contribution in [3.05, 3.63) is 17.0 Å². The number of rotatable bonds is 6. The van der Waals surface area contributed by atoms with Crippen molar-refractivity contribution in [2.24, 2.45) is 0 Å². The predicted octanol–water partition coefficient (Wildman–Crippen LogP) is 0.187. The van der Waals surface area contributed by atoms with Gasteiger partial charge in [-0.25, -0.2) is 17.9 Å². The number of nitrogens with one attached hydrogen (secondary N) is 3. The average Bonchev–Trinajstić information content (AvgIpc) is 2.97. The summed E-state index contributed by atoms with van der Waals surface area (Å²) in [6.45, 7) is 2.04. The van der Waals surface area contributed by atoms with E-state index in [4.69, 9.17) is 0 Å². The summed E-state index contributed by atoms with van der Waals surface area (Å²) in [6, 6.07) is 2.12. The van der Waals surface area contributed by atoms with Crippen molar-refractivity contribution in [3.63, 3.8) is 0 Å². The zero-order valence-corrected chi connectivity index (χ0v) is 12.4. The van der Waals surface area contributed by atoms with Gasteiger partial charge < -0.3 is 5.32 Å². The van der Waals surface area contributed by atoms with Gasteiger partial charge in [0.25, 0.3) is 5.91 Å². The molecule has 20 heavy (non-hydrogen) atoms. The molecule has 0 spiro atoms. The molecule has 1 aliphatic rings. The van der Waals surface area contributed by atoms with E-state index < -0.39 is 28.0 Å². The van der Waals surface area contributed by atoms with E-state index in [1.54, 1.807) is 12.1 Å². The fourth-order valence-corrected chi connectivity index (χ4v) is 4.15. The number of hydrogen-bond acceptors (Lipinski definition) is 5. The third-order valence-corrected chi connectivity index (χ3v) is 6.02. The van der Waals surface area contributed by atoms with Crippen molar-refractivity contribution in [3.8, 4) is 0 Å². The summed E-state index contributed by atoms with van der Waals surface area (Å²) in [7, 11) is -3.55. The maximum absolute atomic E-state index is 12.0. The Labute approximate surface area is 120 Å². The second-order valence-electron chi connectivity index (χ2n) is 4.28. The molecule has 7 nitrogen and oxygen atoms in total. The quantitative estimate of drug-likeness (QED) is 0.651. The molecule has 1 saturated heterocycles. The topological polar surface area (TPSA) is 104 Å². The summed E-state index contributed by atoms with van der Waals surface area (Å²) in [6.07, 6.45) is 0.997. The molecule has 9 heteroatoms. The first-order valence-electron chi connectivity index (χ1n) is 6.12. The molecule has 3 amide bonds. The van der Waals surface area contributed by atoms with Crippen LogP contribution in [0.15, 0.2) is 16.3 Å². The standard InChI is InChI=1S/C11H15N3O4S2/c1-2-7-3-4-9(19-7)20(17,18)12-6-5-8-10(15)14-11(16)13-8/h3-4,8,12H,2,5-6H2,1H3,(H2,13,14,15,16). The van der Waals surface area contributed by atoms with Gasteiger partial charge in [-0.2, -0.15) is 0 Å². The van der Waals surface area contributed by atoms with Crippen molar-refractivity contribution in [1.29, 1.82) is 0 Å². The molecule has 0 radical (unpaired) electrons. The van der Waals surface area contributed by atoms with Crippen LogP contribution in [-0.4, -0.2) is 32.9 Å². The molecule has 0 saturated carbocycles. The van der Waals surface area contributed by atoms with Gasteiger partial charge in [-0.3, -0.25) is 10.1 Å². The fourth-order valence-electron chi connectivity index (χ4n) is 1.76. The number of carbonyl (C=O) groups is 2. The summed E-state index contributed by atoms with van der Waals surface area (Å²) < 4.78 is 26.7. The smallest absolute Gasteiger partial charge is 0.322 e. The van der Waals surface area contributed by atoms with Crippen molar-refractivity contribution in [2.45, 2.75) is 30.0 Å². The summed E-state index contributed by atoms with van der Waals surface area (Å²) in [5.41, 5.74) is 0. The second kappa shape index (κ2) is 5.90. The lowest BCUT2D eigenvalue weighted by molar-refractivity contribution is -0.120. The van der Waals surface area contributed by atoms with Gasteiger partial charge in [0.1, 0.15) is 10.3 Å². The van der Waals surface area contributed by atoms with E-state index in [9.17, 15) is 18.0 Å². The van der Waals surface area contributed by atoms with Crippen LogP contribution in [0.3, 0.4) is 0 Å². The molecule has 0 aromatic carbocycles. The highest BCUT2D eigenvalue weighted by Crippen LogP contribution is 2.21. The minimum atomic E-state index is -3.55. The van der Waals surface area contributed by atoms with Crippen molar-refractivity contribution >= 4 is 33.3 Å². The first-order chi connectivity index (χ1) is 9.42. The number of amides is 3. The Bertz CT molecular complexity index is 623. The molecule has 1 atom stereocenters. The Balaban J connectivity index is 1.90. The van der Waals surface area contributed by atoms with E-state index in [2.05, 4.69) is 15.4 Å². The molecule has 1 aliphatic heterocycles. The van der Waals surface area contributed by atoms with Crippen LogP contribution in [0.4, 0.5) is 4.79 Å². The van der Waals surface area contributed by atoms with Crippen LogP contribution < -0.4 is 15.4 Å². The van der Waals surface area contributed by atoms with Gasteiger partial charge in [-0.15, -0.1) is 11.3 Å². The van der Waals surface area contributed by atoms with Gasteiger partial charge in [-0.1, -0.05) is 6.92 Å². The van der Waals surface area contributed by atoms with E-state index in [0.29, 0.717) is 0 Å². The van der Waals surface area contributed by atoms with E-state index in [-0.39, 0.29) is 17.2 Å². The summed E-state index contributed by atoms with van der Waals surface area (Å²) in [5.74, 6) is -0.432. The van der Waals surface area contributed by atoms with Gasteiger partial charge in [-0.05, 0) is 25.0 Å². The highest BCUT2D eigenvalue weighted by Gasteiger charge is 2.29. The van der Waals surface area contributed by atoms with Gasteiger partial charge in [0, 0.05) is 11.4 Å². The molecular formula is C11H15N3O4S2. The Morgan fingerprint density at radius 1 is 1.35 bits per heavy atom. The number of sulfonamides is 1. The highest BCUT2D eigenvalue weighted by atomic mass is 32.2. The Morgan fingerprint density at radius 2 is 2.10 bits per heavy atom. The summed E-state index contributed by atoms with van der Waals surface area (Å²) in [5, 5.41) is 4.50.